The Bertz CT molecular complexity index is 1090. The lowest BCUT2D eigenvalue weighted by Crippen LogP contribution is -2.32. The maximum Gasteiger partial charge on any atom is 0.251 e. The van der Waals surface area contributed by atoms with Crippen LogP contribution >= 0.6 is 11.8 Å². The third-order valence-electron chi connectivity index (χ3n) is 5.23. The lowest BCUT2D eigenvalue weighted by Gasteiger charge is -2.12. The van der Waals surface area contributed by atoms with Gasteiger partial charge in [0.05, 0.1) is 11.4 Å². The minimum absolute atomic E-state index is 0.0834. The second kappa shape index (κ2) is 11.0. The van der Waals surface area contributed by atoms with Gasteiger partial charge in [0.15, 0.2) is 5.16 Å². The van der Waals surface area contributed by atoms with Crippen LogP contribution < -0.4 is 10.6 Å². The zero-order valence-electron chi connectivity index (χ0n) is 19.0. The number of nitrogens with zero attached hydrogens (tertiary/aromatic N) is 2. The van der Waals surface area contributed by atoms with Crippen LogP contribution in [0.4, 0.5) is 0 Å². The maximum atomic E-state index is 12.4. The first-order chi connectivity index (χ1) is 15.4. The number of carbonyl (C=O) groups excluding carboxylic acids is 2. The zero-order chi connectivity index (χ0) is 23.1. The van der Waals surface area contributed by atoms with Crippen LogP contribution in [0.25, 0.3) is 5.69 Å². The predicted molar refractivity (Wildman–Crippen MR) is 129 cm³/mol. The molecule has 7 heteroatoms. The molecule has 2 aromatic carbocycles. The second-order valence-electron chi connectivity index (χ2n) is 7.92. The highest BCUT2D eigenvalue weighted by atomic mass is 32.2. The molecule has 0 saturated carbocycles. The molecule has 0 fully saturated rings. The van der Waals surface area contributed by atoms with Gasteiger partial charge in [-0.1, -0.05) is 43.0 Å². The molecule has 0 aliphatic heterocycles. The van der Waals surface area contributed by atoms with E-state index in [0.29, 0.717) is 12.1 Å². The van der Waals surface area contributed by atoms with Gasteiger partial charge < -0.3 is 10.6 Å². The van der Waals surface area contributed by atoms with Crippen LogP contribution in [-0.4, -0.2) is 33.2 Å². The fraction of sp³-hybridized carbons (Fsp3) is 0.320. The van der Waals surface area contributed by atoms with E-state index in [-0.39, 0.29) is 23.6 Å². The van der Waals surface area contributed by atoms with Crippen LogP contribution in [0.3, 0.4) is 0 Å². The minimum Gasteiger partial charge on any atom is -0.351 e. The highest BCUT2D eigenvalue weighted by Crippen LogP contribution is 2.23. The Morgan fingerprint density at radius 2 is 1.97 bits per heavy atom. The van der Waals surface area contributed by atoms with Gasteiger partial charge in [-0.25, -0.2) is 4.98 Å². The van der Waals surface area contributed by atoms with Gasteiger partial charge in [-0.05, 0) is 62.1 Å². The summed E-state index contributed by atoms with van der Waals surface area (Å²) in [6, 6.07) is 13.8. The smallest absolute Gasteiger partial charge is 0.251 e. The van der Waals surface area contributed by atoms with Gasteiger partial charge in [-0.2, -0.15) is 0 Å². The van der Waals surface area contributed by atoms with Crippen LogP contribution in [0, 0.1) is 13.8 Å². The molecule has 2 amide bonds. The van der Waals surface area contributed by atoms with E-state index < -0.39 is 0 Å². The topological polar surface area (TPSA) is 76.0 Å². The van der Waals surface area contributed by atoms with E-state index in [4.69, 9.17) is 0 Å². The van der Waals surface area contributed by atoms with Gasteiger partial charge in [-0.3, -0.25) is 14.2 Å². The Labute approximate surface area is 193 Å². The number of benzene rings is 2. The summed E-state index contributed by atoms with van der Waals surface area (Å²) >= 11 is 1.40. The molecule has 1 atom stereocenters. The Morgan fingerprint density at radius 3 is 2.75 bits per heavy atom. The van der Waals surface area contributed by atoms with Crippen molar-refractivity contribution in [1.82, 2.24) is 20.2 Å². The number of amides is 2. The van der Waals surface area contributed by atoms with E-state index in [1.807, 2.05) is 42.8 Å². The standard InChI is InChI=1S/C25H30N4O2S/c1-5-19(4)28-24(31)21-8-6-7-20(14-21)15-27-23(30)16-32-25-26-11-12-29(25)22-13-17(2)9-10-18(22)3/h6-14,19H,5,15-16H2,1-4H3,(H,27,30)(H,28,31). The number of aromatic nitrogens is 2. The van der Waals surface area contributed by atoms with Gasteiger partial charge in [0.2, 0.25) is 5.91 Å². The van der Waals surface area contributed by atoms with Gasteiger partial charge in [-0.15, -0.1) is 0 Å². The van der Waals surface area contributed by atoms with E-state index in [1.165, 1.54) is 17.3 Å². The molecule has 168 valence electrons. The predicted octanol–water partition coefficient (Wildman–Crippen LogP) is 4.43. The number of nitrogens with one attached hydrogen (secondary N) is 2. The van der Waals surface area contributed by atoms with Gasteiger partial charge in [0.1, 0.15) is 0 Å². The number of hydrogen-bond donors (Lipinski definition) is 2. The van der Waals surface area contributed by atoms with Crippen LogP contribution in [0.1, 0.15) is 47.3 Å². The molecule has 1 aromatic heterocycles. The summed E-state index contributed by atoms with van der Waals surface area (Å²) in [5.74, 6) is 0.0807. The highest BCUT2D eigenvalue weighted by Gasteiger charge is 2.12. The van der Waals surface area contributed by atoms with Crippen LogP contribution in [0.5, 0.6) is 0 Å². The summed E-state index contributed by atoms with van der Waals surface area (Å²) < 4.78 is 2.01. The van der Waals surface area contributed by atoms with E-state index >= 15 is 0 Å². The molecule has 0 spiro atoms. The molecule has 0 radical (unpaired) electrons. The van der Waals surface area contributed by atoms with Crippen molar-refractivity contribution in [3.63, 3.8) is 0 Å². The molecular weight excluding hydrogens is 420 g/mol. The summed E-state index contributed by atoms with van der Waals surface area (Å²) in [6.07, 6.45) is 4.54. The molecule has 32 heavy (non-hydrogen) atoms. The largest absolute Gasteiger partial charge is 0.351 e. The molecule has 0 saturated heterocycles. The monoisotopic (exact) mass is 450 g/mol. The third-order valence-corrected chi connectivity index (χ3v) is 6.20. The lowest BCUT2D eigenvalue weighted by atomic mass is 10.1. The summed E-state index contributed by atoms with van der Waals surface area (Å²) in [6.45, 7) is 8.50. The Balaban J connectivity index is 1.56. The molecule has 2 N–H and O–H groups in total. The number of rotatable bonds is 9. The Morgan fingerprint density at radius 1 is 1.16 bits per heavy atom. The summed E-state index contributed by atoms with van der Waals surface area (Å²) in [7, 11) is 0. The molecular formula is C25H30N4O2S. The van der Waals surface area contributed by atoms with Crippen LogP contribution in [0.2, 0.25) is 0 Å². The summed E-state index contributed by atoms with van der Waals surface area (Å²) in [5, 5.41) is 6.67. The van der Waals surface area contributed by atoms with Gasteiger partial charge >= 0.3 is 0 Å². The number of hydrogen-bond acceptors (Lipinski definition) is 4. The number of aryl methyl sites for hydroxylation is 2. The second-order valence-corrected chi connectivity index (χ2v) is 8.86. The van der Waals surface area contributed by atoms with Crippen molar-refractivity contribution in [2.24, 2.45) is 0 Å². The number of thioether (sulfide) groups is 1. The average Bonchev–Trinajstić information content (AvgIpc) is 3.26. The van der Waals surface area contributed by atoms with Crippen molar-refractivity contribution in [2.75, 3.05) is 5.75 Å². The minimum atomic E-state index is -0.0960. The molecule has 0 aliphatic rings. The SMILES string of the molecule is CCC(C)NC(=O)c1cccc(CNC(=O)CSc2nccn2-c2cc(C)ccc2C)c1. The molecule has 1 heterocycles. The molecule has 1 unspecified atom stereocenters. The van der Waals surface area contributed by atoms with E-state index in [0.717, 1.165) is 28.4 Å². The van der Waals surface area contributed by atoms with Gasteiger partial charge in [0, 0.05) is 30.5 Å². The molecule has 0 bridgehead atoms. The van der Waals surface area contributed by atoms with Crippen molar-refractivity contribution in [2.45, 2.75) is 51.9 Å². The summed E-state index contributed by atoms with van der Waals surface area (Å²) in [5.41, 5.74) is 4.88. The van der Waals surface area contributed by atoms with Crippen molar-refractivity contribution >= 4 is 23.6 Å². The highest BCUT2D eigenvalue weighted by molar-refractivity contribution is 7.99. The first-order valence-electron chi connectivity index (χ1n) is 10.8. The molecule has 3 rings (SSSR count). The molecule has 3 aromatic rings. The zero-order valence-corrected chi connectivity index (χ0v) is 19.8. The van der Waals surface area contributed by atoms with Crippen molar-refractivity contribution < 1.29 is 9.59 Å². The first kappa shape index (κ1) is 23.6. The van der Waals surface area contributed by atoms with Crippen molar-refractivity contribution in [3.8, 4) is 5.69 Å². The average molecular weight is 451 g/mol. The van der Waals surface area contributed by atoms with E-state index in [2.05, 4.69) is 47.7 Å². The number of imidazole rings is 1. The Hall–Kier alpha value is -3.06. The van der Waals surface area contributed by atoms with Gasteiger partial charge in [0.25, 0.3) is 5.91 Å². The Kier molecular flexibility index (Phi) is 8.11. The molecule has 0 aliphatic carbocycles. The van der Waals surface area contributed by atoms with Crippen molar-refractivity contribution in [3.05, 3.63) is 77.1 Å². The fourth-order valence-corrected chi connectivity index (χ4v) is 3.97. The molecule has 6 nitrogen and oxygen atoms in total. The van der Waals surface area contributed by atoms with Crippen LogP contribution in [-0.2, 0) is 11.3 Å². The third kappa shape index (κ3) is 6.23. The number of carbonyl (C=O) groups is 2. The fourth-order valence-electron chi connectivity index (χ4n) is 3.17. The first-order valence-corrected chi connectivity index (χ1v) is 11.8. The van der Waals surface area contributed by atoms with Crippen LogP contribution in [0.15, 0.2) is 60.0 Å². The lowest BCUT2D eigenvalue weighted by molar-refractivity contribution is -0.118. The van der Waals surface area contributed by atoms with Crippen molar-refractivity contribution in [1.29, 1.82) is 0 Å². The summed E-state index contributed by atoms with van der Waals surface area (Å²) in [4.78, 5) is 29.2. The normalized spacial score (nSPS) is 11.8. The van der Waals surface area contributed by atoms with E-state index in [1.54, 1.807) is 12.3 Å². The maximum absolute atomic E-state index is 12.4. The van der Waals surface area contributed by atoms with E-state index in [9.17, 15) is 9.59 Å². The quantitative estimate of drug-likeness (QED) is 0.473.